The molecular formula is C6H7NO. The second kappa shape index (κ2) is 2.31. The molecule has 0 radical (unpaired) electrons. The van der Waals surface area contributed by atoms with E-state index in [-0.39, 0.29) is 0 Å². The Hall–Kier alpha value is -1.05. The molecule has 1 rings (SSSR count). The van der Waals surface area contributed by atoms with E-state index in [1.807, 2.05) is 12.3 Å². The molecule has 1 aliphatic rings. The van der Waals surface area contributed by atoms with Crippen molar-refractivity contribution < 1.29 is 4.79 Å². The molecule has 0 spiro atoms. The van der Waals surface area contributed by atoms with Gasteiger partial charge in [-0.15, -0.1) is 0 Å². The van der Waals surface area contributed by atoms with Gasteiger partial charge >= 0.3 is 0 Å². The van der Waals surface area contributed by atoms with Crippen molar-refractivity contribution in [3.63, 3.8) is 0 Å². The highest BCUT2D eigenvalue weighted by molar-refractivity contribution is 5.73. The van der Waals surface area contributed by atoms with Crippen molar-refractivity contribution in [1.82, 2.24) is 5.32 Å². The lowest BCUT2D eigenvalue weighted by Crippen LogP contribution is -2.00. The molecule has 0 saturated heterocycles. The Morgan fingerprint density at radius 2 is 2.62 bits per heavy atom. The average molecular weight is 109 g/mol. The van der Waals surface area contributed by atoms with E-state index >= 15 is 0 Å². The van der Waals surface area contributed by atoms with Gasteiger partial charge < -0.3 is 5.32 Å². The van der Waals surface area contributed by atoms with Crippen molar-refractivity contribution in [1.29, 1.82) is 0 Å². The smallest absolute Gasteiger partial charge is 0.147 e. The Morgan fingerprint density at radius 1 is 1.75 bits per heavy atom. The van der Waals surface area contributed by atoms with E-state index in [1.165, 1.54) is 0 Å². The van der Waals surface area contributed by atoms with Crippen LogP contribution in [0.2, 0.25) is 0 Å². The van der Waals surface area contributed by atoms with Crippen LogP contribution < -0.4 is 5.32 Å². The summed E-state index contributed by atoms with van der Waals surface area (Å²) in [6.07, 6.45) is 7.04. The Bertz CT molecular complexity index is 147. The van der Waals surface area contributed by atoms with Crippen molar-refractivity contribution in [2.24, 2.45) is 0 Å². The van der Waals surface area contributed by atoms with Crippen LogP contribution in [0.1, 0.15) is 6.42 Å². The average Bonchev–Trinajstić information content (AvgIpc) is 1.90. The van der Waals surface area contributed by atoms with Gasteiger partial charge in [-0.05, 0) is 12.6 Å². The third-order valence-corrected chi connectivity index (χ3v) is 0.988. The highest BCUT2D eigenvalue weighted by atomic mass is 16.1. The minimum Gasteiger partial charge on any atom is -0.368 e. The van der Waals surface area contributed by atoms with E-state index in [2.05, 4.69) is 5.32 Å². The molecule has 0 aromatic rings. The fourth-order valence-corrected chi connectivity index (χ4v) is 0.559. The van der Waals surface area contributed by atoms with E-state index in [4.69, 9.17) is 0 Å². The molecule has 1 N–H and O–H groups in total. The first-order chi connectivity index (χ1) is 3.93. The molecule has 2 heteroatoms. The van der Waals surface area contributed by atoms with Gasteiger partial charge in [-0.1, -0.05) is 6.08 Å². The molecule has 2 nitrogen and oxygen atoms in total. The summed E-state index contributed by atoms with van der Waals surface area (Å²) in [7, 11) is 0. The van der Waals surface area contributed by atoms with Crippen LogP contribution in [-0.2, 0) is 4.79 Å². The molecule has 0 amide bonds. The van der Waals surface area contributed by atoms with Crippen molar-refractivity contribution >= 4 is 6.29 Å². The number of carbonyl (C=O) groups excluding carboxylic acids is 1. The van der Waals surface area contributed by atoms with Gasteiger partial charge in [0.2, 0.25) is 0 Å². The Labute approximate surface area is 47.9 Å². The summed E-state index contributed by atoms with van der Waals surface area (Å²) in [5.41, 5.74) is 0.799. The maximum atomic E-state index is 10.0. The van der Waals surface area contributed by atoms with E-state index < -0.39 is 0 Å². The zero-order valence-corrected chi connectivity index (χ0v) is 4.42. The Kier molecular flexibility index (Phi) is 1.47. The first-order valence-corrected chi connectivity index (χ1v) is 2.49. The highest BCUT2D eigenvalue weighted by Crippen LogP contribution is 1.99. The molecule has 0 saturated carbocycles. The molecule has 0 atom stereocenters. The monoisotopic (exact) mass is 109 g/mol. The van der Waals surface area contributed by atoms with Crippen molar-refractivity contribution in [3.8, 4) is 0 Å². The van der Waals surface area contributed by atoms with Gasteiger partial charge in [0.25, 0.3) is 0 Å². The molecule has 0 fully saturated rings. The number of carbonyl (C=O) groups is 1. The summed E-state index contributed by atoms with van der Waals surface area (Å²) < 4.78 is 0. The second-order valence-electron chi connectivity index (χ2n) is 1.61. The van der Waals surface area contributed by atoms with E-state index in [1.54, 1.807) is 6.20 Å². The van der Waals surface area contributed by atoms with E-state index in [0.717, 1.165) is 18.3 Å². The quantitative estimate of drug-likeness (QED) is 0.499. The van der Waals surface area contributed by atoms with Crippen molar-refractivity contribution in [2.45, 2.75) is 6.42 Å². The number of hydrogen-bond acceptors (Lipinski definition) is 2. The molecule has 0 aromatic carbocycles. The molecular weight excluding hydrogens is 102 g/mol. The van der Waals surface area contributed by atoms with Gasteiger partial charge in [-0.25, -0.2) is 0 Å². The summed E-state index contributed by atoms with van der Waals surface area (Å²) in [5, 5.41) is 2.81. The van der Waals surface area contributed by atoms with E-state index in [0.29, 0.717) is 0 Å². The van der Waals surface area contributed by atoms with Gasteiger partial charge in [0.05, 0.1) is 0 Å². The van der Waals surface area contributed by atoms with Crippen LogP contribution in [0, 0.1) is 0 Å². The molecule has 8 heavy (non-hydrogen) atoms. The van der Waals surface area contributed by atoms with Crippen molar-refractivity contribution in [3.05, 3.63) is 24.0 Å². The minimum absolute atomic E-state index is 0.760. The Morgan fingerprint density at radius 3 is 3.00 bits per heavy atom. The van der Waals surface area contributed by atoms with E-state index in [9.17, 15) is 4.79 Å². The molecule has 1 heterocycles. The summed E-state index contributed by atoms with van der Waals surface area (Å²) in [5.74, 6) is 0. The molecule has 0 aliphatic carbocycles. The number of aldehydes is 1. The fraction of sp³-hybridized carbons (Fsp3) is 0.167. The van der Waals surface area contributed by atoms with Gasteiger partial charge in [-0.3, -0.25) is 4.79 Å². The minimum atomic E-state index is 0.760. The normalized spacial score (nSPS) is 16.8. The molecule has 0 aromatic heterocycles. The number of allylic oxidation sites excluding steroid dienone is 2. The Balaban J connectivity index is 2.55. The summed E-state index contributed by atoms with van der Waals surface area (Å²) in [6, 6.07) is 0. The third-order valence-electron chi connectivity index (χ3n) is 0.988. The topological polar surface area (TPSA) is 29.1 Å². The van der Waals surface area contributed by atoms with Crippen LogP contribution in [0.15, 0.2) is 24.0 Å². The lowest BCUT2D eigenvalue weighted by molar-refractivity contribution is -0.105. The molecule has 0 unspecified atom stereocenters. The highest BCUT2D eigenvalue weighted by Gasteiger charge is 1.92. The van der Waals surface area contributed by atoms with Gasteiger partial charge in [0.15, 0.2) is 0 Å². The SMILES string of the molecule is O=CC1=CNC=CC1. The first-order valence-electron chi connectivity index (χ1n) is 2.49. The fourth-order valence-electron chi connectivity index (χ4n) is 0.559. The standard InChI is InChI=1S/C6H7NO/c8-5-6-2-1-3-7-4-6/h1,3-5,7H,2H2. The van der Waals surface area contributed by atoms with Crippen molar-refractivity contribution in [2.75, 3.05) is 0 Å². The summed E-state index contributed by atoms with van der Waals surface area (Å²) in [6.45, 7) is 0. The van der Waals surface area contributed by atoms with Crippen LogP contribution in [-0.4, -0.2) is 6.29 Å². The third kappa shape index (κ3) is 0.964. The van der Waals surface area contributed by atoms with Crippen LogP contribution in [0.5, 0.6) is 0 Å². The van der Waals surface area contributed by atoms with Crippen LogP contribution in [0.25, 0.3) is 0 Å². The number of nitrogens with one attached hydrogen (secondary N) is 1. The zero-order chi connectivity index (χ0) is 5.82. The summed E-state index contributed by atoms with van der Waals surface area (Å²) >= 11 is 0. The first kappa shape index (κ1) is 5.09. The molecule has 1 aliphatic heterocycles. The second-order valence-corrected chi connectivity index (χ2v) is 1.61. The molecule has 42 valence electrons. The number of rotatable bonds is 1. The maximum absolute atomic E-state index is 10.0. The predicted molar refractivity (Wildman–Crippen MR) is 31.0 cm³/mol. The molecule has 0 bridgehead atoms. The number of dihydropyridines is 1. The summed E-state index contributed by atoms with van der Waals surface area (Å²) in [4.78, 5) is 10.0. The lowest BCUT2D eigenvalue weighted by atomic mass is 10.2. The lowest BCUT2D eigenvalue weighted by Gasteiger charge is -1.99. The van der Waals surface area contributed by atoms with Gasteiger partial charge in [0, 0.05) is 11.8 Å². The number of hydrogen-bond donors (Lipinski definition) is 1. The van der Waals surface area contributed by atoms with Gasteiger partial charge in [0.1, 0.15) is 6.29 Å². The van der Waals surface area contributed by atoms with Gasteiger partial charge in [-0.2, -0.15) is 0 Å². The van der Waals surface area contributed by atoms with Crippen LogP contribution >= 0.6 is 0 Å². The maximum Gasteiger partial charge on any atom is 0.147 e. The van der Waals surface area contributed by atoms with Crippen LogP contribution in [0.3, 0.4) is 0 Å². The van der Waals surface area contributed by atoms with Crippen LogP contribution in [0.4, 0.5) is 0 Å². The predicted octanol–water partition coefficient (Wildman–Crippen LogP) is 0.576. The largest absolute Gasteiger partial charge is 0.368 e. The zero-order valence-electron chi connectivity index (χ0n) is 4.42.